The van der Waals surface area contributed by atoms with Crippen LogP contribution in [0.4, 0.5) is 5.69 Å². The number of thiazole rings is 1. The molecule has 2 fully saturated rings. The summed E-state index contributed by atoms with van der Waals surface area (Å²) in [6.45, 7) is -0.214. The third kappa shape index (κ3) is 4.45. The van der Waals surface area contributed by atoms with Crippen molar-refractivity contribution >= 4 is 33.1 Å². The first-order valence-corrected chi connectivity index (χ1v) is 11.8. The van der Waals surface area contributed by atoms with Gasteiger partial charge in [-0.05, 0) is 30.7 Å². The number of nitrogens with one attached hydrogen (secondary N) is 4. The molecule has 7 atom stereocenters. The molecule has 2 aromatic carbocycles. The summed E-state index contributed by atoms with van der Waals surface area (Å²) in [6.07, 6.45) is -2.80. The number of carbonyl (C=O) groups excluding carboxylic acids is 1. The normalized spacial score (nSPS) is 32.1. The van der Waals surface area contributed by atoms with Crippen LogP contribution in [-0.2, 0) is 4.79 Å². The van der Waals surface area contributed by atoms with Crippen molar-refractivity contribution in [3.05, 3.63) is 59.6 Å². The van der Waals surface area contributed by atoms with Crippen LogP contribution in [0.2, 0.25) is 0 Å². The van der Waals surface area contributed by atoms with Gasteiger partial charge < -0.3 is 26.0 Å². The molecule has 1 aliphatic heterocycles. The minimum absolute atomic E-state index is 0.203. The van der Waals surface area contributed by atoms with Gasteiger partial charge in [0.2, 0.25) is 5.91 Å². The molecule has 0 bridgehead atoms. The number of hydrogen-bond donors (Lipinski definition) is 7. The van der Waals surface area contributed by atoms with Gasteiger partial charge in [-0.25, -0.2) is 4.98 Å². The van der Waals surface area contributed by atoms with Gasteiger partial charge in [0.1, 0.15) is 10.9 Å². The van der Waals surface area contributed by atoms with Crippen LogP contribution in [0, 0.1) is 5.92 Å². The van der Waals surface area contributed by atoms with E-state index in [4.69, 9.17) is 4.98 Å². The third-order valence-electron chi connectivity index (χ3n) is 6.34. The van der Waals surface area contributed by atoms with E-state index in [1.54, 1.807) is 0 Å². The fourth-order valence-electron chi connectivity index (χ4n) is 4.60. The third-order valence-corrected chi connectivity index (χ3v) is 7.46. The number of rotatable bonds is 6. The molecule has 1 amide bonds. The number of aromatic nitrogens is 1. The molecule has 5 rings (SSSR count). The van der Waals surface area contributed by atoms with E-state index < -0.39 is 42.5 Å². The summed E-state index contributed by atoms with van der Waals surface area (Å²) in [5.74, 6) is -1.27. The highest BCUT2D eigenvalue weighted by atomic mass is 32.1. The number of anilines is 1. The minimum atomic E-state index is -1.05. The topological polar surface area (TPSA) is 139 Å². The molecule has 1 aliphatic carbocycles. The van der Waals surface area contributed by atoms with E-state index in [1.165, 1.54) is 11.3 Å². The Morgan fingerprint density at radius 2 is 1.82 bits per heavy atom. The molecule has 1 saturated heterocycles. The summed E-state index contributed by atoms with van der Waals surface area (Å²) in [6, 6.07) is 16.7. The zero-order valence-corrected chi connectivity index (χ0v) is 18.6. The van der Waals surface area contributed by atoms with Gasteiger partial charge in [0, 0.05) is 24.3 Å². The van der Waals surface area contributed by atoms with Gasteiger partial charge in [-0.3, -0.25) is 15.4 Å². The lowest BCUT2D eigenvalue weighted by Gasteiger charge is -2.39. The van der Waals surface area contributed by atoms with Crippen molar-refractivity contribution in [3.63, 3.8) is 0 Å². The van der Waals surface area contributed by atoms with Crippen molar-refractivity contribution in [2.24, 2.45) is 5.92 Å². The fraction of sp³-hybridized carbons (Fsp3) is 0.391. The highest BCUT2D eigenvalue weighted by molar-refractivity contribution is 7.18. The summed E-state index contributed by atoms with van der Waals surface area (Å²) < 4.78 is 0.986. The van der Waals surface area contributed by atoms with E-state index in [2.05, 4.69) is 21.3 Å². The Labute approximate surface area is 194 Å². The number of amides is 1. The monoisotopic (exact) mass is 469 g/mol. The molecule has 7 N–H and O–H groups in total. The van der Waals surface area contributed by atoms with E-state index >= 15 is 0 Å². The SMILES string of the molecule is O=C1NC(Nc2ccccc2)NC(N[C@@H]2C[C@H](CO)[C@@H](O)[C@H]2O)C1c1nc2ccccc2s1. The number of nitrogens with zero attached hydrogens (tertiary/aromatic N) is 1. The van der Waals surface area contributed by atoms with Gasteiger partial charge in [-0.2, -0.15) is 0 Å². The number of carbonyl (C=O) groups is 1. The van der Waals surface area contributed by atoms with Crippen LogP contribution in [0.5, 0.6) is 0 Å². The van der Waals surface area contributed by atoms with E-state index in [1.807, 2.05) is 54.6 Å². The second kappa shape index (κ2) is 9.34. The zero-order chi connectivity index (χ0) is 22.9. The van der Waals surface area contributed by atoms with Crippen molar-refractivity contribution in [2.45, 2.75) is 43.0 Å². The van der Waals surface area contributed by atoms with Crippen LogP contribution in [0.25, 0.3) is 10.2 Å². The lowest BCUT2D eigenvalue weighted by molar-refractivity contribution is -0.126. The molecule has 1 saturated carbocycles. The summed E-state index contributed by atoms with van der Waals surface area (Å²) in [5, 5.41) is 43.9. The highest BCUT2D eigenvalue weighted by Crippen LogP contribution is 2.33. The first-order chi connectivity index (χ1) is 16.0. The molecule has 1 aromatic heterocycles. The Balaban J connectivity index is 1.42. The maximum Gasteiger partial charge on any atom is 0.235 e. The quantitative estimate of drug-likeness (QED) is 0.277. The largest absolute Gasteiger partial charge is 0.396 e. The molecule has 2 aliphatic rings. The Bertz CT molecular complexity index is 1080. The maximum atomic E-state index is 13.3. The van der Waals surface area contributed by atoms with Gasteiger partial charge in [-0.15, -0.1) is 11.3 Å². The number of aliphatic hydroxyl groups is 3. The molecule has 0 spiro atoms. The predicted molar refractivity (Wildman–Crippen MR) is 125 cm³/mol. The summed E-state index contributed by atoms with van der Waals surface area (Å²) in [7, 11) is 0. The van der Waals surface area contributed by atoms with Gasteiger partial charge in [0.25, 0.3) is 0 Å². The average Bonchev–Trinajstić information content (AvgIpc) is 3.35. The summed E-state index contributed by atoms with van der Waals surface area (Å²) in [5.41, 5.74) is 1.66. The maximum absolute atomic E-state index is 13.3. The molecule has 174 valence electrons. The van der Waals surface area contributed by atoms with Crippen molar-refractivity contribution in [1.82, 2.24) is 20.9 Å². The standard InChI is InChI=1S/C23H27N5O4S/c29-11-12-10-15(19(31)18(12)30)25-20-17(22-26-14-8-4-5-9-16(14)33-22)21(32)28-23(27-20)24-13-6-2-1-3-7-13/h1-9,12,15,17-20,23-25,27,29-31H,10-11H2,(H,28,32)/t12-,15-,17?,18-,19+,20?,23?/m1/s1. The first kappa shape index (κ1) is 22.2. The Kier molecular flexibility index (Phi) is 6.28. The van der Waals surface area contributed by atoms with Crippen LogP contribution >= 0.6 is 11.3 Å². The van der Waals surface area contributed by atoms with Crippen LogP contribution in [0.3, 0.4) is 0 Å². The van der Waals surface area contributed by atoms with Crippen molar-refractivity contribution < 1.29 is 20.1 Å². The molecule has 9 nitrogen and oxygen atoms in total. The Morgan fingerprint density at radius 1 is 1.06 bits per heavy atom. The molecule has 33 heavy (non-hydrogen) atoms. The molecular weight excluding hydrogens is 442 g/mol. The number of para-hydroxylation sites is 2. The second-order valence-corrected chi connectivity index (χ2v) is 9.59. The van der Waals surface area contributed by atoms with Gasteiger partial charge >= 0.3 is 0 Å². The summed E-state index contributed by atoms with van der Waals surface area (Å²) in [4.78, 5) is 18.0. The Hall–Kier alpha value is -2.60. The lowest BCUT2D eigenvalue weighted by Crippen LogP contribution is -2.68. The van der Waals surface area contributed by atoms with Crippen LogP contribution in [0.1, 0.15) is 17.3 Å². The average molecular weight is 470 g/mol. The molecule has 3 unspecified atom stereocenters. The first-order valence-electron chi connectivity index (χ1n) is 11.0. The molecule has 2 heterocycles. The Morgan fingerprint density at radius 3 is 2.55 bits per heavy atom. The van der Waals surface area contributed by atoms with Crippen molar-refractivity contribution in [3.8, 4) is 0 Å². The van der Waals surface area contributed by atoms with Crippen LogP contribution < -0.4 is 21.3 Å². The molecular formula is C23H27N5O4S. The van der Waals surface area contributed by atoms with Crippen molar-refractivity contribution in [2.75, 3.05) is 11.9 Å². The van der Waals surface area contributed by atoms with Gasteiger partial charge in [0.15, 0.2) is 6.29 Å². The number of hydrogen-bond acceptors (Lipinski definition) is 9. The minimum Gasteiger partial charge on any atom is -0.396 e. The summed E-state index contributed by atoms with van der Waals surface area (Å²) >= 11 is 1.46. The lowest BCUT2D eigenvalue weighted by atomic mass is 10.0. The van der Waals surface area contributed by atoms with E-state index in [0.29, 0.717) is 11.4 Å². The van der Waals surface area contributed by atoms with E-state index in [9.17, 15) is 20.1 Å². The predicted octanol–water partition coefficient (Wildman–Crippen LogP) is 0.513. The van der Waals surface area contributed by atoms with Crippen molar-refractivity contribution in [1.29, 1.82) is 0 Å². The van der Waals surface area contributed by atoms with E-state index in [-0.39, 0.29) is 12.5 Å². The van der Waals surface area contributed by atoms with Crippen LogP contribution in [-0.4, -0.2) is 63.5 Å². The number of benzene rings is 2. The molecule has 10 heteroatoms. The second-order valence-electron chi connectivity index (χ2n) is 8.53. The van der Waals surface area contributed by atoms with Gasteiger partial charge in [0.05, 0.1) is 28.6 Å². The fourth-order valence-corrected chi connectivity index (χ4v) is 5.71. The number of aliphatic hydroxyl groups excluding tert-OH is 3. The highest BCUT2D eigenvalue weighted by Gasteiger charge is 2.46. The van der Waals surface area contributed by atoms with Crippen LogP contribution in [0.15, 0.2) is 54.6 Å². The molecule has 0 radical (unpaired) electrons. The molecule has 3 aromatic rings. The smallest absolute Gasteiger partial charge is 0.235 e. The van der Waals surface area contributed by atoms with Gasteiger partial charge in [-0.1, -0.05) is 30.3 Å². The number of fused-ring (bicyclic) bond motifs is 1. The van der Waals surface area contributed by atoms with E-state index in [0.717, 1.165) is 15.9 Å². The zero-order valence-electron chi connectivity index (χ0n) is 17.8.